The second kappa shape index (κ2) is 23.5. The van der Waals surface area contributed by atoms with Gasteiger partial charge in [0.2, 0.25) is 0 Å². The van der Waals surface area contributed by atoms with Gasteiger partial charge >= 0.3 is 21.1 Å². The van der Waals surface area contributed by atoms with E-state index in [-0.39, 0.29) is 110 Å². The summed E-state index contributed by atoms with van der Waals surface area (Å²) in [5, 5.41) is 84.7. The summed E-state index contributed by atoms with van der Waals surface area (Å²) in [4.78, 5) is 44.4. The number of aromatic carboxylic acids is 4. The molecule has 0 heterocycles. The third-order valence-electron chi connectivity index (χ3n) is 12.0. The first-order chi connectivity index (χ1) is 31.8. The maximum absolute atomic E-state index is 11.1. The van der Waals surface area contributed by atoms with Crippen molar-refractivity contribution in [2.75, 3.05) is 0 Å². The second-order valence-corrected chi connectivity index (χ2v) is 26.8. The Labute approximate surface area is 450 Å². The van der Waals surface area contributed by atoms with E-state index in [0.717, 1.165) is 22.3 Å². The van der Waals surface area contributed by atoms with Crippen LogP contribution in [0.15, 0.2) is 48.5 Å². The SMILES string of the molecule is CC(C)(C)c1cc(C(=O)[O-])c(O)c(C(C)(C)C)c1.CC(C)(C)c1cc(C(=O)[O-])c(O)c(C(C)(C)C)c1.CC(C)(C)c1cc(C(=O)[O-])c(O)c(C(C)(C)C)c1.CC(C)(C)c1cc(C(=O)[O-])c(O)c(C(C)(C)C)c1.[W+4]. The predicted octanol–water partition coefficient (Wildman–Crippen LogP) is 9.40. The van der Waals surface area contributed by atoms with Gasteiger partial charge in [-0.05, 0) is 89.8 Å². The van der Waals surface area contributed by atoms with Crippen LogP contribution in [-0.4, -0.2) is 44.3 Å². The molecule has 0 aliphatic carbocycles. The van der Waals surface area contributed by atoms with Crippen molar-refractivity contribution in [1.82, 2.24) is 0 Å². The van der Waals surface area contributed by atoms with Gasteiger partial charge < -0.3 is 60.0 Å². The van der Waals surface area contributed by atoms with E-state index >= 15 is 0 Å². The van der Waals surface area contributed by atoms with Crippen LogP contribution in [0.25, 0.3) is 0 Å². The Balaban J connectivity index is 0.000000943. The quantitative estimate of drug-likeness (QED) is 0.149. The normalized spacial score (nSPS) is 12.4. The first-order valence-electron chi connectivity index (χ1n) is 24.1. The molecular weight excluding hydrogens is 1100 g/mol. The van der Waals surface area contributed by atoms with Gasteiger partial charge in [0.05, 0.1) is 23.9 Å². The molecular formula is C60H84O12W. The van der Waals surface area contributed by atoms with Crippen LogP contribution in [0.1, 0.15) is 252 Å². The molecule has 4 N–H and O–H groups in total. The third kappa shape index (κ3) is 18.5. The number of carboxylic acid groups (broad SMARTS) is 4. The van der Waals surface area contributed by atoms with E-state index in [9.17, 15) is 60.0 Å². The Bertz CT molecular complexity index is 2270. The van der Waals surface area contributed by atoms with Gasteiger partial charge in [-0.2, -0.15) is 0 Å². The topological polar surface area (TPSA) is 241 Å². The summed E-state index contributed by atoms with van der Waals surface area (Å²) >= 11 is 0. The molecule has 0 amide bonds. The molecule has 0 spiro atoms. The first kappa shape index (κ1) is 67.6. The fourth-order valence-electron chi connectivity index (χ4n) is 7.18. The van der Waals surface area contributed by atoms with Crippen molar-refractivity contribution in [2.45, 2.75) is 209 Å². The van der Waals surface area contributed by atoms with Crippen LogP contribution in [0.4, 0.5) is 0 Å². The maximum atomic E-state index is 11.1. The molecule has 0 atom stereocenters. The van der Waals surface area contributed by atoms with Crippen molar-refractivity contribution in [3.63, 3.8) is 0 Å². The molecule has 402 valence electrons. The molecule has 0 aliphatic rings. The standard InChI is InChI=1S/4C15H22O3.W/c4*1-14(2,3)9-7-10(13(17)18)12(16)11(8-9)15(4,5)6;/h4*7-8,16H,1-6H3,(H,17,18);/q;;;;+4/p-4. The Hall–Kier alpha value is -5.35. The molecule has 0 saturated carbocycles. The number of carbonyl (C=O) groups is 4. The minimum absolute atomic E-state index is 0. The summed E-state index contributed by atoms with van der Waals surface area (Å²) in [5.74, 6) is -6.11. The van der Waals surface area contributed by atoms with Crippen LogP contribution in [-0.2, 0) is 64.4 Å². The third-order valence-corrected chi connectivity index (χ3v) is 12.0. The van der Waals surface area contributed by atoms with Gasteiger partial charge in [-0.25, -0.2) is 0 Å². The molecule has 4 rings (SSSR count). The molecule has 0 aliphatic heterocycles. The molecule has 0 fully saturated rings. The van der Waals surface area contributed by atoms with Gasteiger partial charge in [0.25, 0.3) is 0 Å². The number of hydrogen-bond donors (Lipinski definition) is 4. The summed E-state index contributed by atoms with van der Waals surface area (Å²) in [6, 6.07) is 13.5. The van der Waals surface area contributed by atoms with E-state index < -0.39 is 23.9 Å². The van der Waals surface area contributed by atoms with Crippen molar-refractivity contribution in [3.05, 3.63) is 115 Å². The molecule has 4 aromatic carbocycles. The minimum Gasteiger partial charge on any atom is -0.545 e. The number of rotatable bonds is 4. The van der Waals surface area contributed by atoms with Crippen molar-refractivity contribution in [1.29, 1.82) is 0 Å². The summed E-state index contributed by atoms with van der Waals surface area (Å²) in [7, 11) is 0. The maximum Gasteiger partial charge on any atom is 4.00 e. The average Bonchev–Trinajstić information content (AvgIpc) is 3.14. The fraction of sp³-hybridized carbons (Fsp3) is 0.533. The van der Waals surface area contributed by atoms with Gasteiger partial charge in [0.1, 0.15) is 23.0 Å². The average molecular weight is 1180 g/mol. The van der Waals surface area contributed by atoms with Crippen molar-refractivity contribution in [2.24, 2.45) is 0 Å². The zero-order valence-corrected chi connectivity index (χ0v) is 51.0. The number of hydrogen-bond acceptors (Lipinski definition) is 12. The molecule has 4 aromatic rings. The molecule has 12 nitrogen and oxygen atoms in total. The Morgan fingerprint density at radius 1 is 0.274 bits per heavy atom. The van der Waals surface area contributed by atoms with Crippen LogP contribution in [0, 0.1) is 0 Å². The Morgan fingerprint density at radius 2 is 0.397 bits per heavy atom. The Kier molecular flexibility index (Phi) is 21.7. The zero-order chi connectivity index (χ0) is 57.2. The molecule has 0 saturated heterocycles. The van der Waals surface area contributed by atoms with E-state index in [1.807, 2.05) is 190 Å². The van der Waals surface area contributed by atoms with E-state index in [1.165, 1.54) is 24.3 Å². The molecule has 0 aromatic heterocycles. The summed E-state index contributed by atoms with van der Waals surface area (Å²) in [6.45, 7) is 47.3. The number of aromatic hydroxyl groups is 4. The van der Waals surface area contributed by atoms with Crippen LogP contribution in [0.5, 0.6) is 23.0 Å². The largest absolute Gasteiger partial charge is 4.00 e. The molecule has 0 radical (unpaired) electrons. The monoisotopic (exact) mass is 1180 g/mol. The predicted molar refractivity (Wildman–Crippen MR) is 279 cm³/mol. The van der Waals surface area contributed by atoms with Crippen molar-refractivity contribution >= 4 is 23.9 Å². The number of carboxylic acids is 4. The van der Waals surface area contributed by atoms with Gasteiger partial charge in [-0.3, -0.25) is 0 Å². The van der Waals surface area contributed by atoms with Gasteiger partial charge in [0.15, 0.2) is 0 Å². The van der Waals surface area contributed by atoms with Gasteiger partial charge in [-0.1, -0.05) is 190 Å². The van der Waals surface area contributed by atoms with E-state index in [4.69, 9.17) is 0 Å². The van der Waals surface area contributed by atoms with E-state index in [2.05, 4.69) is 0 Å². The first-order valence-corrected chi connectivity index (χ1v) is 24.1. The minimum atomic E-state index is -1.34. The van der Waals surface area contributed by atoms with E-state index in [0.29, 0.717) is 22.3 Å². The van der Waals surface area contributed by atoms with Crippen molar-refractivity contribution < 1.29 is 81.1 Å². The second-order valence-electron chi connectivity index (χ2n) is 26.8. The Morgan fingerprint density at radius 3 is 0.479 bits per heavy atom. The van der Waals surface area contributed by atoms with Crippen LogP contribution in [0.2, 0.25) is 0 Å². The smallest absolute Gasteiger partial charge is 0.545 e. The number of phenols is 4. The van der Waals surface area contributed by atoms with Crippen LogP contribution >= 0.6 is 0 Å². The molecule has 13 heteroatoms. The molecule has 73 heavy (non-hydrogen) atoms. The number of benzene rings is 4. The van der Waals surface area contributed by atoms with Crippen LogP contribution in [0.3, 0.4) is 0 Å². The van der Waals surface area contributed by atoms with Crippen molar-refractivity contribution in [3.8, 4) is 23.0 Å². The summed E-state index contributed by atoms with van der Waals surface area (Å²) < 4.78 is 0. The summed E-state index contributed by atoms with van der Waals surface area (Å²) in [5.41, 5.74) is 3.50. The zero-order valence-electron chi connectivity index (χ0n) is 48.1. The summed E-state index contributed by atoms with van der Waals surface area (Å²) in [6.07, 6.45) is 0. The van der Waals surface area contributed by atoms with Gasteiger partial charge in [0, 0.05) is 44.5 Å². The number of carbonyl (C=O) groups excluding carboxylic acids is 4. The fourth-order valence-corrected chi connectivity index (χ4v) is 7.18. The van der Waals surface area contributed by atoms with Gasteiger partial charge in [-0.15, -0.1) is 0 Å². The van der Waals surface area contributed by atoms with E-state index in [1.54, 1.807) is 0 Å². The van der Waals surface area contributed by atoms with Crippen LogP contribution < -0.4 is 20.4 Å². The molecule has 0 bridgehead atoms. The molecule has 0 unspecified atom stereocenters.